The Morgan fingerprint density at radius 3 is 3.10 bits per heavy atom. The van der Waals surface area contributed by atoms with Crippen molar-refractivity contribution >= 4 is 17.7 Å². The Bertz CT molecular complexity index is 587. The Balaban J connectivity index is 2.04. The van der Waals surface area contributed by atoms with Crippen LogP contribution in [0.15, 0.2) is 29.4 Å². The number of nitrogens with zero attached hydrogens (tertiary/aromatic N) is 4. The fourth-order valence-electron chi connectivity index (χ4n) is 1.57. The molecule has 1 amide bonds. The Kier molecular flexibility index (Phi) is 5.08. The second-order valence-electron chi connectivity index (χ2n) is 4.07. The SMILES string of the molecule is Cc1cccc(-n2nnnc2SCC(=O)NCCO)c1. The Morgan fingerprint density at radius 2 is 2.35 bits per heavy atom. The molecule has 0 saturated carbocycles. The van der Waals surface area contributed by atoms with Gasteiger partial charge in [0.05, 0.1) is 18.0 Å². The van der Waals surface area contributed by atoms with Crippen molar-refractivity contribution in [3.8, 4) is 5.69 Å². The van der Waals surface area contributed by atoms with Gasteiger partial charge in [0.2, 0.25) is 11.1 Å². The maximum atomic E-state index is 11.5. The molecule has 0 bridgehead atoms. The van der Waals surface area contributed by atoms with E-state index in [1.165, 1.54) is 11.8 Å². The molecule has 20 heavy (non-hydrogen) atoms. The first-order valence-electron chi connectivity index (χ1n) is 6.06. The summed E-state index contributed by atoms with van der Waals surface area (Å²) < 4.78 is 1.59. The van der Waals surface area contributed by atoms with Gasteiger partial charge in [-0.1, -0.05) is 23.9 Å². The summed E-state index contributed by atoms with van der Waals surface area (Å²) in [5, 5.41) is 23.2. The number of carbonyl (C=O) groups is 1. The molecule has 1 aromatic heterocycles. The monoisotopic (exact) mass is 293 g/mol. The molecular formula is C12H15N5O2S. The van der Waals surface area contributed by atoms with Crippen molar-refractivity contribution in [3.63, 3.8) is 0 Å². The molecule has 1 aromatic carbocycles. The van der Waals surface area contributed by atoms with Crippen LogP contribution < -0.4 is 5.32 Å². The Hall–Kier alpha value is -1.93. The first-order chi connectivity index (χ1) is 9.70. The standard InChI is InChI=1S/C12H15N5O2S/c1-9-3-2-4-10(7-9)17-12(14-15-16-17)20-8-11(19)13-5-6-18/h2-4,7,18H,5-6,8H2,1H3,(H,13,19). The van der Waals surface area contributed by atoms with Crippen LogP contribution in [0.1, 0.15) is 5.56 Å². The van der Waals surface area contributed by atoms with E-state index in [0.717, 1.165) is 11.3 Å². The molecule has 2 rings (SSSR count). The molecule has 0 spiro atoms. The summed E-state index contributed by atoms with van der Waals surface area (Å²) in [4.78, 5) is 11.5. The highest BCUT2D eigenvalue weighted by Crippen LogP contribution is 2.18. The lowest BCUT2D eigenvalue weighted by Gasteiger charge is -2.05. The van der Waals surface area contributed by atoms with Gasteiger partial charge in [-0.05, 0) is 35.0 Å². The summed E-state index contributed by atoms with van der Waals surface area (Å²) >= 11 is 1.25. The van der Waals surface area contributed by atoms with E-state index in [1.54, 1.807) is 4.68 Å². The fourth-order valence-corrected chi connectivity index (χ4v) is 2.29. The van der Waals surface area contributed by atoms with Crippen LogP contribution in [-0.4, -0.2) is 50.1 Å². The number of amides is 1. The lowest BCUT2D eigenvalue weighted by molar-refractivity contribution is -0.118. The molecule has 0 fully saturated rings. The lowest BCUT2D eigenvalue weighted by atomic mass is 10.2. The molecule has 0 aliphatic rings. The van der Waals surface area contributed by atoms with Crippen molar-refractivity contribution in [3.05, 3.63) is 29.8 Å². The van der Waals surface area contributed by atoms with Gasteiger partial charge in [-0.15, -0.1) is 5.10 Å². The van der Waals surface area contributed by atoms with E-state index in [0.29, 0.717) is 5.16 Å². The van der Waals surface area contributed by atoms with Crippen molar-refractivity contribution in [1.82, 2.24) is 25.5 Å². The van der Waals surface area contributed by atoms with Crippen LogP contribution in [0.25, 0.3) is 5.69 Å². The van der Waals surface area contributed by atoms with Gasteiger partial charge >= 0.3 is 0 Å². The summed E-state index contributed by atoms with van der Waals surface area (Å²) in [5.41, 5.74) is 1.96. The summed E-state index contributed by atoms with van der Waals surface area (Å²) in [6.45, 7) is 2.17. The summed E-state index contributed by atoms with van der Waals surface area (Å²) in [6, 6.07) is 7.78. The normalized spacial score (nSPS) is 10.5. The summed E-state index contributed by atoms with van der Waals surface area (Å²) in [5.74, 6) is 0.0365. The predicted molar refractivity (Wildman–Crippen MR) is 74.7 cm³/mol. The average molecular weight is 293 g/mol. The average Bonchev–Trinajstić information content (AvgIpc) is 2.91. The molecule has 0 aliphatic carbocycles. The van der Waals surface area contributed by atoms with E-state index < -0.39 is 0 Å². The third kappa shape index (κ3) is 3.78. The predicted octanol–water partition coefficient (Wildman–Crippen LogP) is 0.171. The van der Waals surface area contributed by atoms with Gasteiger partial charge in [-0.25, -0.2) is 0 Å². The van der Waals surface area contributed by atoms with Crippen LogP contribution in [0.3, 0.4) is 0 Å². The number of rotatable bonds is 6. The Labute approximate surface area is 120 Å². The first-order valence-corrected chi connectivity index (χ1v) is 7.05. The smallest absolute Gasteiger partial charge is 0.230 e. The molecule has 0 unspecified atom stereocenters. The number of aliphatic hydroxyl groups is 1. The minimum absolute atomic E-state index is 0.0720. The van der Waals surface area contributed by atoms with Crippen molar-refractivity contribution in [2.45, 2.75) is 12.1 Å². The number of nitrogens with one attached hydrogen (secondary N) is 1. The second-order valence-corrected chi connectivity index (χ2v) is 5.02. The minimum atomic E-state index is -0.164. The van der Waals surface area contributed by atoms with Gasteiger partial charge in [0.25, 0.3) is 0 Å². The van der Waals surface area contributed by atoms with Crippen LogP contribution in [-0.2, 0) is 4.79 Å². The zero-order valence-electron chi connectivity index (χ0n) is 11.0. The van der Waals surface area contributed by atoms with Crippen molar-refractivity contribution < 1.29 is 9.90 Å². The molecule has 2 N–H and O–H groups in total. The van der Waals surface area contributed by atoms with Crippen LogP contribution in [0.5, 0.6) is 0 Å². The van der Waals surface area contributed by atoms with Crippen LogP contribution in [0.2, 0.25) is 0 Å². The summed E-state index contributed by atoms with van der Waals surface area (Å²) in [6.07, 6.45) is 0. The first kappa shape index (κ1) is 14.5. The molecule has 106 valence electrons. The van der Waals surface area contributed by atoms with E-state index in [4.69, 9.17) is 5.11 Å². The molecular weight excluding hydrogens is 278 g/mol. The van der Waals surface area contributed by atoms with Gasteiger partial charge in [-0.2, -0.15) is 4.68 Å². The maximum Gasteiger partial charge on any atom is 0.230 e. The number of hydrogen-bond donors (Lipinski definition) is 2. The van der Waals surface area contributed by atoms with Crippen LogP contribution in [0, 0.1) is 6.92 Å². The maximum absolute atomic E-state index is 11.5. The topological polar surface area (TPSA) is 92.9 Å². The highest BCUT2D eigenvalue weighted by molar-refractivity contribution is 7.99. The minimum Gasteiger partial charge on any atom is -0.395 e. The van der Waals surface area contributed by atoms with Gasteiger partial charge in [-0.3, -0.25) is 4.79 Å². The van der Waals surface area contributed by atoms with E-state index >= 15 is 0 Å². The van der Waals surface area contributed by atoms with Crippen molar-refractivity contribution in [2.24, 2.45) is 0 Å². The second kappa shape index (κ2) is 7.01. The number of hydrogen-bond acceptors (Lipinski definition) is 6. The van der Waals surface area contributed by atoms with E-state index in [-0.39, 0.29) is 24.8 Å². The number of carbonyl (C=O) groups excluding carboxylic acids is 1. The highest BCUT2D eigenvalue weighted by Gasteiger charge is 2.11. The van der Waals surface area contributed by atoms with Gasteiger partial charge in [0.15, 0.2) is 0 Å². The van der Waals surface area contributed by atoms with Gasteiger partial charge in [0, 0.05) is 6.54 Å². The van der Waals surface area contributed by atoms with E-state index in [9.17, 15) is 4.79 Å². The zero-order valence-corrected chi connectivity index (χ0v) is 11.8. The molecule has 1 heterocycles. The van der Waals surface area contributed by atoms with Crippen LogP contribution >= 0.6 is 11.8 Å². The number of tetrazole rings is 1. The number of benzene rings is 1. The molecule has 0 radical (unpaired) electrons. The van der Waals surface area contributed by atoms with E-state index in [2.05, 4.69) is 20.8 Å². The number of aryl methyl sites for hydroxylation is 1. The summed E-state index contributed by atoms with van der Waals surface area (Å²) in [7, 11) is 0. The van der Waals surface area contributed by atoms with Crippen molar-refractivity contribution in [1.29, 1.82) is 0 Å². The molecule has 0 aliphatic heterocycles. The molecule has 2 aromatic rings. The highest BCUT2D eigenvalue weighted by atomic mass is 32.2. The van der Waals surface area contributed by atoms with E-state index in [1.807, 2.05) is 31.2 Å². The van der Waals surface area contributed by atoms with Gasteiger partial charge < -0.3 is 10.4 Å². The zero-order chi connectivity index (χ0) is 14.4. The quantitative estimate of drug-likeness (QED) is 0.738. The largest absolute Gasteiger partial charge is 0.395 e. The number of aromatic nitrogens is 4. The third-order valence-corrected chi connectivity index (χ3v) is 3.37. The fraction of sp³-hybridized carbons (Fsp3) is 0.333. The number of thioether (sulfide) groups is 1. The lowest BCUT2D eigenvalue weighted by Crippen LogP contribution is -2.28. The Morgan fingerprint density at radius 1 is 1.50 bits per heavy atom. The molecule has 0 atom stereocenters. The number of aliphatic hydroxyl groups excluding tert-OH is 1. The van der Waals surface area contributed by atoms with Gasteiger partial charge in [0.1, 0.15) is 0 Å². The van der Waals surface area contributed by atoms with Crippen molar-refractivity contribution in [2.75, 3.05) is 18.9 Å². The molecule has 8 heteroatoms. The van der Waals surface area contributed by atoms with Crippen LogP contribution in [0.4, 0.5) is 0 Å². The molecule has 7 nitrogen and oxygen atoms in total. The molecule has 0 saturated heterocycles. The third-order valence-electron chi connectivity index (χ3n) is 2.45.